The van der Waals surface area contributed by atoms with Crippen LogP contribution >= 0.6 is 11.3 Å². The topological polar surface area (TPSA) is 83.5 Å². The zero-order valence-electron chi connectivity index (χ0n) is 18.1. The monoisotopic (exact) mass is 431 g/mol. The Morgan fingerprint density at radius 1 is 1.20 bits per heavy atom. The van der Waals surface area contributed by atoms with Gasteiger partial charge in [-0.25, -0.2) is 0 Å². The quantitative estimate of drug-likeness (QED) is 0.375. The molecular weight excluding hydrogens is 398 g/mol. The summed E-state index contributed by atoms with van der Waals surface area (Å²) in [4.78, 5) is 39.4. The number of rotatable bonds is 12. The van der Waals surface area contributed by atoms with Gasteiger partial charge >= 0.3 is 0 Å². The smallest absolute Gasteiger partial charge is 0.230 e. The Morgan fingerprint density at radius 3 is 2.60 bits per heavy atom. The van der Waals surface area contributed by atoms with Crippen LogP contribution in [0.2, 0.25) is 0 Å². The van der Waals surface area contributed by atoms with Gasteiger partial charge in [-0.2, -0.15) is 0 Å². The molecule has 2 rings (SSSR count). The van der Waals surface area contributed by atoms with Gasteiger partial charge in [0.2, 0.25) is 5.91 Å². The van der Waals surface area contributed by atoms with Crippen LogP contribution in [-0.2, 0) is 9.59 Å². The van der Waals surface area contributed by atoms with Gasteiger partial charge in [-0.1, -0.05) is 25.2 Å². The number of carbonyl (C=O) groups excluding carboxylic acids is 3. The summed E-state index contributed by atoms with van der Waals surface area (Å²) in [6, 6.07) is 3.86. The molecule has 0 aliphatic heterocycles. The molecule has 0 spiro atoms. The molecule has 0 bridgehead atoms. The normalized spacial score (nSPS) is 16.5. The summed E-state index contributed by atoms with van der Waals surface area (Å²) in [5, 5.41) is 11.9. The number of hydrogen-bond donors (Lipinski definition) is 2. The highest BCUT2D eigenvalue weighted by Gasteiger charge is 2.28. The number of thiophene rings is 1. The Balaban J connectivity index is 1.94. The molecule has 6 heteroatoms. The van der Waals surface area contributed by atoms with Crippen molar-refractivity contribution in [3.63, 3.8) is 0 Å². The van der Waals surface area contributed by atoms with Gasteiger partial charge in [-0.3, -0.25) is 14.4 Å². The van der Waals surface area contributed by atoms with Crippen molar-refractivity contribution in [3.05, 3.63) is 40.1 Å². The van der Waals surface area contributed by atoms with Gasteiger partial charge in [0.05, 0.1) is 16.9 Å². The molecule has 1 aromatic heterocycles. The van der Waals surface area contributed by atoms with E-state index in [0.717, 1.165) is 22.6 Å². The van der Waals surface area contributed by atoms with E-state index in [4.69, 9.17) is 0 Å². The zero-order valence-corrected chi connectivity index (χ0v) is 19.0. The van der Waals surface area contributed by atoms with E-state index in [9.17, 15) is 19.5 Å². The average Bonchev–Trinajstić information content (AvgIpc) is 3.22. The highest BCUT2D eigenvalue weighted by molar-refractivity contribution is 7.15. The van der Waals surface area contributed by atoms with Gasteiger partial charge in [0.1, 0.15) is 5.78 Å². The van der Waals surface area contributed by atoms with Crippen LogP contribution in [0.4, 0.5) is 0 Å². The fourth-order valence-corrected chi connectivity index (χ4v) is 4.62. The third kappa shape index (κ3) is 7.33. The molecule has 0 aromatic carbocycles. The summed E-state index contributed by atoms with van der Waals surface area (Å²) in [5.41, 5.74) is 1.17. The van der Waals surface area contributed by atoms with Gasteiger partial charge in [0.25, 0.3) is 0 Å². The largest absolute Gasteiger partial charge is 0.393 e. The minimum absolute atomic E-state index is 0.0522. The Kier molecular flexibility index (Phi) is 9.66. The summed E-state index contributed by atoms with van der Waals surface area (Å²) in [7, 11) is 1.52. The Bertz CT molecular complexity index is 806. The number of aliphatic hydroxyl groups excluding tert-OH is 1. The molecule has 0 fully saturated rings. The SMILES string of the molecule is CNC(=O)C(CC(C)CC(=O)c1ccc(C2=CCCC=C2)s1)C(=O)CCC[C@H](C)O. The summed E-state index contributed by atoms with van der Waals surface area (Å²) < 4.78 is 0. The molecule has 0 saturated carbocycles. The van der Waals surface area contributed by atoms with Crippen LogP contribution in [-0.4, -0.2) is 35.7 Å². The number of hydrogen-bond acceptors (Lipinski definition) is 5. The Hall–Kier alpha value is -2.05. The fraction of sp³-hybridized carbons (Fsp3) is 0.542. The van der Waals surface area contributed by atoms with E-state index in [1.807, 2.05) is 19.1 Å². The molecule has 30 heavy (non-hydrogen) atoms. The van der Waals surface area contributed by atoms with Crippen LogP contribution in [0.3, 0.4) is 0 Å². The third-order valence-corrected chi connectivity index (χ3v) is 6.50. The van der Waals surface area contributed by atoms with Gasteiger partial charge in [-0.15, -0.1) is 11.3 Å². The van der Waals surface area contributed by atoms with Crippen LogP contribution in [0.25, 0.3) is 5.57 Å². The molecule has 5 nitrogen and oxygen atoms in total. The predicted octanol–water partition coefficient (Wildman–Crippen LogP) is 4.56. The van der Waals surface area contributed by atoms with E-state index in [0.29, 0.717) is 25.7 Å². The highest BCUT2D eigenvalue weighted by atomic mass is 32.1. The summed E-state index contributed by atoms with van der Waals surface area (Å²) >= 11 is 1.50. The van der Waals surface area contributed by atoms with Crippen LogP contribution in [0.15, 0.2) is 30.4 Å². The maximum Gasteiger partial charge on any atom is 0.230 e. The predicted molar refractivity (Wildman–Crippen MR) is 121 cm³/mol. The lowest BCUT2D eigenvalue weighted by Crippen LogP contribution is -2.34. The van der Waals surface area contributed by atoms with Crippen molar-refractivity contribution < 1.29 is 19.5 Å². The van der Waals surface area contributed by atoms with E-state index in [2.05, 4.69) is 23.5 Å². The first-order chi connectivity index (χ1) is 14.3. The number of ketones is 2. The molecule has 1 heterocycles. The third-order valence-electron chi connectivity index (χ3n) is 5.33. The van der Waals surface area contributed by atoms with Crippen molar-refractivity contribution in [2.75, 3.05) is 7.05 Å². The molecule has 1 aromatic rings. The number of carbonyl (C=O) groups is 3. The second-order valence-electron chi connectivity index (χ2n) is 8.15. The maximum atomic E-state index is 12.7. The molecule has 164 valence electrons. The van der Waals surface area contributed by atoms with E-state index in [1.165, 1.54) is 24.0 Å². The molecule has 2 unspecified atom stereocenters. The molecule has 0 radical (unpaired) electrons. The fourth-order valence-electron chi connectivity index (χ4n) is 3.65. The average molecular weight is 432 g/mol. The minimum Gasteiger partial charge on any atom is -0.393 e. The lowest BCUT2D eigenvalue weighted by molar-refractivity contribution is -0.134. The van der Waals surface area contributed by atoms with E-state index >= 15 is 0 Å². The number of amides is 1. The number of Topliss-reactive ketones (excluding diaryl/α,β-unsaturated/α-hetero) is 2. The van der Waals surface area contributed by atoms with Crippen LogP contribution < -0.4 is 5.32 Å². The number of aliphatic hydroxyl groups is 1. The Labute approximate surface area is 183 Å². The van der Waals surface area contributed by atoms with Crippen LogP contribution in [0, 0.1) is 11.8 Å². The number of nitrogens with one attached hydrogen (secondary N) is 1. The summed E-state index contributed by atoms with van der Waals surface area (Å²) in [6.45, 7) is 3.60. The first-order valence-corrected chi connectivity index (χ1v) is 11.6. The van der Waals surface area contributed by atoms with Crippen molar-refractivity contribution in [1.82, 2.24) is 5.32 Å². The Morgan fingerprint density at radius 2 is 1.97 bits per heavy atom. The summed E-state index contributed by atoms with van der Waals surface area (Å²) in [5.74, 6) is -1.20. The maximum absolute atomic E-state index is 12.7. The van der Waals surface area contributed by atoms with E-state index in [-0.39, 0.29) is 29.8 Å². The first-order valence-electron chi connectivity index (χ1n) is 10.7. The second-order valence-corrected chi connectivity index (χ2v) is 9.23. The van der Waals surface area contributed by atoms with Gasteiger partial charge in [0.15, 0.2) is 5.78 Å². The standard InChI is InChI=1S/C24H33NO4S/c1-16(14-19(24(29)25-3)20(27)11-7-8-17(2)26)15-21(28)23-13-12-22(30-23)18-9-5-4-6-10-18/h5,9-10,12-13,16-17,19,26H,4,6-8,11,14-15H2,1-3H3,(H,25,29)/t16?,17-,19?/m0/s1. The van der Waals surface area contributed by atoms with Crippen molar-refractivity contribution in [2.45, 2.75) is 64.9 Å². The molecule has 3 atom stereocenters. The lowest BCUT2D eigenvalue weighted by atomic mass is 9.86. The summed E-state index contributed by atoms with van der Waals surface area (Å²) in [6.07, 6.45) is 10.1. The molecule has 0 saturated heterocycles. The van der Waals surface area contributed by atoms with Crippen molar-refractivity contribution in [1.29, 1.82) is 0 Å². The van der Waals surface area contributed by atoms with Crippen molar-refractivity contribution >= 4 is 34.4 Å². The molecule has 1 amide bonds. The molecule has 1 aliphatic carbocycles. The second kappa shape index (κ2) is 12.0. The van der Waals surface area contributed by atoms with Gasteiger partial charge in [0, 0.05) is 24.8 Å². The van der Waals surface area contributed by atoms with Crippen LogP contribution in [0.1, 0.15) is 73.3 Å². The minimum atomic E-state index is -0.747. The van der Waals surface area contributed by atoms with Crippen LogP contribution in [0.5, 0.6) is 0 Å². The molecule has 2 N–H and O–H groups in total. The van der Waals surface area contributed by atoms with E-state index in [1.54, 1.807) is 6.92 Å². The van der Waals surface area contributed by atoms with Crippen molar-refractivity contribution in [3.8, 4) is 0 Å². The van der Waals surface area contributed by atoms with Gasteiger partial charge < -0.3 is 10.4 Å². The molecular formula is C24H33NO4S. The zero-order chi connectivity index (χ0) is 22.1. The first kappa shape index (κ1) is 24.2. The van der Waals surface area contributed by atoms with E-state index < -0.39 is 12.0 Å². The highest BCUT2D eigenvalue weighted by Crippen LogP contribution is 2.30. The van der Waals surface area contributed by atoms with Gasteiger partial charge in [-0.05, 0) is 62.7 Å². The molecule has 1 aliphatic rings. The van der Waals surface area contributed by atoms with Crippen molar-refractivity contribution in [2.24, 2.45) is 11.8 Å². The number of allylic oxidation sites excluding steroid dienone is 4. The lowest BCUT2D eigenvalue weighted by Gasteiger charge is -2.18.